The Balaban J connectivity index is 1.75. The predicted octanol–water partition coefficient (Wildman–Crippen LogP) is 5.26. The molecule has 1 fully saturated rings. The zero-order valence-corrected chi connectivity index (χ0v) is 18.4. The van der Waals surface area contributed by atoms with E-state index in [-0.39, 0.29) is 10.6 Å². The normalized spacial score (nSPS) is 15.0. The number of amides is 2. The van der Waals surface area contributed by atoms with Gasteiger partial charge in [0.05, 0.1) is 29.0 Å². The van der Waals surface area contributed by atoms with Crippen LogP contribution >= 0.6 is 11.8 Å². The number of anilines is 1. The molecule has 6 nitrogen and oxygen atoms in total. The lowest BCUT2D eigenvalue weighted by Crippen LogP contribution is -2.28. The fourth-order valence-corrected chi connectivity index (χ4v) is 4.53. The van der Waals surface area contributed by atoms with Gasteiger partial charge in [0.2, 0.25) is 0 Å². The van der Waals surface area contributed by atoms with Gasteiger partial charge in [-0.25, -0.2) is 14.1 Å². The van der Waals surface area contributed by atoms with E-state index in [0.717, 1.165) is 28.0 Å². The Bertz CT molecular complexity index is 1290. The molecule has 4 rings (SSSR count). The summed E-state index contributed by atoms with van der Waals surface area (Å²) in [4.78, 5) is 38.6. The number of rotatable bonds is 4. The van der Waals surface area contributed by atoms with Crippen LogP contribution in [0.1, 0.15) is 27.3 Å². The quantitative estimate of drug-likeness (QED) is 0.401. The van der Waals surface area contributed by atoms with Crippen molar-refractivity contribution in [2.24, 2.45) is 0 Å². The zero-order chi connectivity index (χ0) is 23.0. The van der Waals surface area contributed by atoms with E-state index < -0.39 is 22.9 Å². The van der Waals surface area contributed by atoms with Gasteiger partial charge in [-0.3, -0.25) is 9.59 Å². The number of ether oxygens (including phenoxy) is 1. The first kappa shape index (κ1) is 21.6. The molecule has 8 heteroatoms. The van der Waals surface area contributed by atoms with Gasteiger partial charge in [-0.15, -0.1) is 0 Å². The molecule has 0 unspecified atom stereocenters. The number of imide groups is 1. The summed E-state index contributed by atoms with van der Waals surface area (Å²) in [6.07, 6.45) is 1.62. The molecular formula is C24H19FN2O4S. The molecule has 0 N–H and O–H groups in total. The van der Waals surface area contributed by atoms with Gasteiger partial charge in [0.25, 0.3) is 11.1 Å². The zero-order valence-electron chi connectivity index (χ0n) is 17.6. The summed E-state index contributed by atoms with van der Waals surface area (Å²) >= 11 is 0.760. The van der Waals surface area contributed by atoms with E-state index in [0.29, 0.717) is 16.8 Å². The van der Waals surface area contributed by atoms with E-state index in [1.165, 1.54) is 25.3 Å². The summed E-state index contributed by atoms with van der Waals surface area (Å²) in [5, 5.41) is -0.559. The maximum absolute atomic E-state index is 14.2. The van der Waals surface area contributed by atoms with E-state index >= 15 is 0 Å². The van der Waals surface area contributed by atoms with Crippen LogP contribution in [0.2, 0.25) is 0 Å². The average Bonchev–Trinajstić information content (AvgIpc) is 3.22. The van der Waals surface area contributed by atoms with Crippen LogP contribution in [-0.4, -0.2) is 28.8 Å². The number of esters is 1. The van der Waals surface area contributed by atoms with Crippen molar-refractivity contribution in [3.8, 4) is 5.69 Å². The van der Waals surface area contributed by atoms with Crippen molar-refractivity contribution >= 4 is 40.6 Å². The van der Waals surface area contributed by atoms with Gasteiger partial charge >= 0.3 is 5.97 Å². The Labute approximate surface area is 188 Å². The number of halogens is 1. The summed E-state index contributed by atoms with van der Waals surface area (Å²) < 4.78 is 21.0. The van der Waals surface area contributed by atoms with Crippen molar-refractivity contribution in [1.29, 1.82) is 0 Å². The highest BCUT2D eigenvalue weighted by atomic mass is 32.2. The number of hydrogen-bond donors (Lipinski definition) is 0. The Morgan fingerprint density at radius 1 is 1.03 bits per heavy atom. The SMILES string of the molecule is COC(=O)c1ccccc1-n1c(C)cc(C=C2SC(=O)N(c3ccccc3F)C2=O)c1C. The Kier molecular flexibility index (Phi) is 5.71. The molecule has 0 atom stereocenters. The molecule has 1 saturated heterocycles. The molecule has 162 valence electrons. The van der Waals surface area contributed by atoms with Crippen molar-refractivity contribution < 1.29 is 23.5 Å². The van der Waals surface area contributed by atoms with Crippen LogP contribution in [0.3, 0.4) is 0 Å². The van der Waals surface area contributed by atoms with Crippen molar-refractivity contribution in [3.63, 3.8) is 0 Å². The predicted molar refractivity (Wildman–Crippen MR) is 121 cm³/mol. The summed E-state index contributed by atoms with van der Waals surface area (Å²) in [6, 6.07) is 14.6. The summed E-state index contributed by atoms with van der Waals surface area (Å²) in [6.45, 7) is 3.73. The lowest BCUT2D eigenvalue weighted by atomic mass is 10.1. The number of aromatic nitrogens is 1. The first-order valence-electron chi connectivity index (χ1n) is 9.72. The van der Waals surface area contributed by atoms with Crippen LogP contribution in [0, 0.1) is 19.7 Å². The van der Waals surface area contributed by atoms with Gasteiger partial charge in [-0.2, -0.15) is 0 Å². The molecule has 1 aliphatic rings. The lowest BCUT2D eigenvalue weighted by molar-refractivity contribution is -0.113. The highest BCUT2D eigenvalue weighted by Gasteiger charge is 2.37. The van der Waals surface area contributed by atoms with E-state index in [2.05, 4.69) is 0 Å². The maximum atomic E-state index is 14.2. The van der Waals surface area contributed by atoms with Crippen molar-refractivity contribution in [1.82, 2.24) is 4.57 Å². The fraction of sp³-hybridized carbons (Fsp3) is 0.125. The van der Waals surface area contributed by atoms with Crippen LogP contribution < -0.4 is 4.90 Å². The monoisotopic (exact) mass is 450 g/mol. The summed E-state index contributed by atoms with van der Waals surface area (Å²) in [5.41, 5.74) is 3.30. The van der Waals surface area contributed by atoms with Gasteiger partial charge < -0.3 is 9.30 Å². The number of para-hydroxylation sites is 2. The largest absolute Gasteiger partial charge is 0.465 e. The second kappa shape index (κ2) is 8.47. The second-order valence-corrected chi connectivity index (χ2v) is 8.13. The second-order valence-electron chi connectivity index (χ2n) is 7.14. The van der Waals surface area contributed by atoms with Crippen LogP contribution in [0.4, 0.5) is 14.9 Å². The molecule has 2 heterocycles. The number of thioether (sulfide) groups is 1. The van der Waals surface area contributed by atoms with Gasteiger partial charge in [-0.1, -0.05) is 24.3 Å². The third kappa shape index (κ3) is 3.62. The minimum Gasteiger partial charge on any atom is -0.465 e. The molecule has 2 aromatic carbocycles. The number of carbonyl (C=O) groups excluding carboxylic acids is 3. The van der Waals surface area contributed by atoms with Crippen LogP contribution in [0.25, 0.3) is 11.8 Å². The number of nitrogens with zero attached hydrogens (tertiary/aromatic N) is 2. The average molecular weight is 450 g/mol. The highest BCUT2D eigenvalue weighted by molar-refractivity contribution is 8.19. The molecule has 0 saturated carbocycles. The molecule has 1 aliphatic heterocycles. The lowest BCUT2D eigenvalue weighted by Gasteiger charge is -2.13. The molecule has 0 bridgehead atoms. The van der Waals surface area contributed by atoms with E-state index in [1.807, 2.05) is 36.6 Å². The Hall–Kier alpha value is -3.65. The third-order valence-electron chi connectivity index (χ3n) is 5.19. The highest BCUT2D eigenvalue weighted by Crippen LogP contribution is 2.37. The molecule has 0 spiro atoms. The Morgan fingerprint density at radius 2 is 1.69 bits per heavy atom. The number of carbonyl (C=O) groups is 3. The molecular weight excluding hydrogens is 431 g/mol. The Morgan fingerprint density at radius 3 is 2.38 bits per heavy atom. The molecule has 0 aliphatic carbocycles. The van der Waals surface area contributed by atoms with E-state index in [9.17, 15) is 18.8 Å². The van der Waals surface area contributed by atoms with Gasteiger partial charge in [-0.05, 0) is 67.6 Å². The standard InChI is InChI=1S/C24H19FN2O4S/c1-14-12-16(15(2)26(14)19-10-6-4-8-17(19)23(29)31-3)13-21-22(28)27(24(30)32-21)20-11-7-5-9-18(20)25/h4-13H,1-3H3. The summed E-state index contributed by atoms with van der Waals surface area (Å²) in [7, 11) is 1.32. The fourth-order valence-electron chi connectivity index (χ4n) is 3.71. The van der Waals surface area contributed by atoms with Crippen molar-refractivity contribution in [2.75, 3.05) is 12.0 Å². The first-order valence-corrected chi connectivity index (χ1v) is 10.5. The smallest absolute Gasteiger partial charge is 0.339 e. The summed E-state index contributed by atoms with van der Waals surface area (Å²) in [5.74, 6) is -1.68. The number of methoxy groups -OCH3 is 1. The molecule has 1 aromatic heterocycles. The molecule has 32 heavy (non-hydrogen) atoms. The molecule has 3 aromatic rings. The molecule has 2 amide bonds. The van der Waals surface area contributed by atoms with Crippen LogP contribution in [0.15, 0.2) is 59.5 Å². The van der Waals surface area contributed by atoms with Crippen LogP contribution in [-0.2, 0) is 9.53 Å². The van der Waals surface area contributed by atoms with Gasteiger partial charge in [0, 0.05) is 11.4 Å². The van der Waals surface area contributed by atoms with E-state index in [4.69, 9.17) is 4.74 Å². The maximum Gasteiger partial charge on any atom is 0.339 e. The van der Waals surface area contributed by atoms with Crippen molar-refractivity contribution in [2.45, 2.75) is 13.8 Å². The minimum atomic E-state index is -0.645. The van der Waals surface area contributed by atoms with Gasteiger partial charge in [0.15, 0.2) is 0 Å². The van der Waals surface area contributed by atoms with Crippen molar-refractivity contribution in [3.05, 3.63) is 87.8 Å². The van der Waals surface area contributed by atoms with E-state index in [1.54, 1.807) is 24.3 Å². The number of benzene rings is 2. The first-order chi connectivity index (χ1) is 15.3. The van der Waals surface area contributed by atoms with Crippen LogP contribution in [0.5, 0.6) is 0 Å². The third-order valence-corrected chi connectivity index (χ3v) is 6.06. The number of aryl methyl sites for hydroxylation is 1. The minimum absolute atomic E-state index is 0.0733. The topological polar surface area (TPSA) is 68.6 Å². The molecule has 0 radical (unpaired) electrons. The van der Waals surface area contributed by atoms with Gasteiger partial charge in [0.1, 0.15) is 5.82 Å². The number of hydrogen-bond acceptors (Lipinski definition) is 5.